The fourth-order valence-corrected chi connectivity index (χ4v) is 2.86. The van der Waals surface area contributed by atoms with Crippen LogP contribution in [-0.2, 0) is 9.84 Å². The fourth-order valence-electron chi connectivity index (χ4n) is 2.23. The minimum Gasteiger partial charge on any atom is -0.255 e. The van der Waals surface area contributed by atoms with Crippen molar-refractivity contribution in [2.45, 2.75) is 4.90 Å². The van der Waals surface area contributed by atoms with E-state index in [1.807, 2.05) is 30.3 Å². The Kier molecular flexibility index (Phi) is 3.73. The second-order valence-corrected chi connectivity index (χ2v) is 6.93. The Hall–Kier alpha value is -2.53. The molecule has 5 heteroatoms. The lowest BCUT2D eigenvalue weighted by Gasteiger charge is -2.08. The maximum atomic E-state index is 11.5. The van der Waals surface area contributed by atoms with Crippen LogP contribution in [0.15, 0.2) is 71.9 Å². The maximum absolute atomic E-state index is 11.5. The number of hydrogen-bond donors (Lipinski definition) is 0. The molecule has 110 valence electrons. The number of pyridine rings is 2. The van der Waals surface area contributed by atoms with Gasteiger partial charge in [-0.15, -0.1) is 0 Å². The summed E-state index contributed by atoms with van der Waals surface area (Å²) < 4.78 is 23.1. The molecule has 0 N–H and O–H groups in total. The second-order valence-electron chi connectivity index (χ2n) is 4.91. The van der Waals surface area contributed by atoms with E-state index in [4.69, 9.17) is 0 Å². The Morgan fingerprint density at radius 2 is 1.55 bits per heavy atom. The Morgan fingerprint density at radius 1 is 0.818 bits per heavy atom. The number of nitrogens with zero attached hydrogens (tertiary/aromatic N) is 2. The quantitative estimate of drug-likeness (QED) is 0.745. The Bertz CT molecular complexity index is 889. The first-order chi connectivity index (χ1) is 10.6. The predicted octanol–water partition coefficient (Wildman–Crippen LogP) is 3.21. The first-order valence-electron chi connectivity index (χ1n) is 6.72. The van der Waals surface area contributed by atoms with Gasteiger partial charge in [-0.05, 0) is 35.9 Å². The topological polar surface area (TPSA) is 59.9 Å². The van der Waals surface area contributed by atoms with Crippen molar-refractivity contribution >= 4 is 9.84 Å². The van der Waals surface area contributed by atoms with Crippen LogP contribution in [0.4, 0.5) is 0 Å². The van der Waals surface area contributed by atoms with Crippen molar-refractivity contribution in [2.75, 3.05) is 6.26 Å². The van der Waals surface area contributed by atoms with Crippen molar-refractivity contribution in [3.05, 3.63) is 67.0 Å². The molecule has 4 nitrogen and oxygen atoms in total. The van der Waals surface area contributed by atoms with Crippen LogP contribution in [-0.4, -0.2) is 24.6 Å². The monoisotopic (exact) mass is 310 g/mol. The SMILES string of the molecule is CS(=O)(=O)c1ccc(-c2cccnc2-c2ccccn2)cc1. The van der Waals surface area contributed by atoms with E-state index in [2.05, 4.69) is 9.97 Å². The molecule has 0 aliphatic rings. The number of rotatable bonds is 3. The molecule has 0 saturated heterocycles. The molecule has 0 saturated carbocycles. The molecule has 0 fully saturated rings. The first-order valence-corrected chi connectivity index (χ1v) is 8.62. The molecule has 0 spiro atoms. The molecule has 0 atom stereocenters. The highest BCUT2D eigenvalue weighted by molar-refractivity contribution is 7.90. The molecular weight excluding hydrogens is 296 g/mol. The van der Waals surface area contributed by atoms with Gasteiger partial charge < -0.3 is 0 Å². The Balaban J connectivity index is 2.10. The van der Waals surface area contributed by atoms with Gasteiger partial charge in [0.15, 0.2) is 9.84 Å². The molecule has 0 aliphatic heterocycles. The summed E-state index contributed by atoms with van der Waals surface area (Å²) in [4.78, 5) is 9.05. The van der Waals surface area contributed by atoms with Crippen molar-refractivity contribution in [1.82, 2.24) is 9.97 Å². The van der Waals surface area contributed by atoms with Crippen molar-refractivity contribution in [2.24, 2.45) is 0 Å². The number of sulfone groups is 1. The second kappa shape index (κ2) is 5.69. The smallest absolute Gasteiger partial charge is 0.175 e. The molecule has 1 aromatic carbocycles. The van der Waals surface area contributed by atoms with Crippen molar-refractivity contribution in [1.29, 1.82) is 0 Å². The third kappa shape index (κ3) is 2.89. The summed E-state index contributed by atoms with van der Waals surface area (Å²) in [6.45, 7) is 0. The van der Waals surface area contributed by atoms with Crippen LogP contribution in [0.2, 0.25) is 0 Å². The number of benzene rings is 1. The molecule has 3 rings (SSSR count). The average molecular weight is 310 g/mol. The van der Waals surface area contributed by atoms with E-state index in [0.717, 1.165) is 22.5 Å². The fraction of sp³-hybridized carbons (Fsp3) is 0.0588. The number of hydrogen-bond acceptors (Lipinski definition) is 4. The lowest BCUT2D eigenvalue weighted by Crippen LogP contribution is -1.96. The van der Waals surface area contributed by atoms with Crippen molar-refractivity contribution in [3.63, 3.8) is 0 Å². The standard InChI is InChI=1S/C17H14N2O2S/c1-22(20,21)14-9-7-13(8-10-14)15-5-4-12-19-17(15)16-6-2-3-11-18-16/h2-12H,1H3. The summed E-state index contributed by atoms with van der Waals surface area (Å²) in [6.07, 6.45) is 4.64. The first kappa shape index (κ1) is 14.4. The third-order valence-corrected chi connectivity index (χ3v) is 4.44. The van der Waals surface area contributed by atoms with E-state index >= 15 is 0 Å². The number of aromatic nitrogens is 2. The van der Waals surface area contributed by atoms with Gasteiger partial charge in [0.25, 0.3) is 0 Å². The zero-order valence-corrected chi connectivity index (χ0v) is 12.8. The normalized spacial score (nSPS) is 11.3. The molecule has 0 unspecified atom stereocenters. The van der Waals surface area contributed by atoms with Crippen LogP contribution in [0, 0.1) is 0 Å². The minimum absolute atomic E-state index is 0.305. The van der Waals surface area contributed by atoms with E-state index in [-0.39, 0.29) is 0 Å². The average Bonchev–Trinajstić information content (AvgIpc) is 2.55. The van der Waals surface area contributed by atoms with Crippen LogP contribution in [0.3, 0.4) is 0 Å². The van der Waals surface area contributed by atoms with Gasteiger partial charge in [0.1, 0.15) is 0 Å². The molecule has 0 bridgehead atoms. The van der Waals surface area contributed by atoms with Gasteiger partial charge >= 0.3 is 0 Å². The summed E-state index contributed by atoms with van der Waals surface area (Å²) >= 11 is 0. The van der Waals surface area contributed by atoms with Gasteiger partial charge in [0, 0.05) is 24.2 Å². The largest absolute Gasteiger partial charge is 0.255 e. The third-order valence-electron chi connectivity index (χ3n) is 3.31. The lowest BCUT2D eigenvalue weighted by molar-refractivity contribution is 0.602. The Morgan fingerprint density at radius 3 is 2.18 bits per heavy atom. The summed E-state index contributed by atoms with van der Waals surface area (Å²) in [7, 11) is -3.19. The molecular formula is C17H14N2O2S. The molecule has 0 aliphatic carbocycles. The molecule has 2 aromatic heterocycles. The molecule has 22 heavy (non-hydrogen) atoms. The highest BCUT2D eigenvalue weighted by atomic mass is 32.2. The van der Waals surface area contributed by atoms with Gasteiger partial charge in [0.05, 0.1) is 16.3 Å². The van der Waals surface area contributed by atoms with Crippen molar-refractivity contribution < 1.29 is 8.42 Å². The zero-order chi connectivity index (χ0) is 15.6. The van der Waals surface area contributed by atoms with E-state index in [9.17, 15) is 8.42 Å². The highest BCUT2D eigenvalue weighted by Gasteiger charge is 2.11. The molecule has 0 radical (unpaired) electrons. The minimum atomic E-state index is -3.19. The van der Waals surface area contributed by atoms with E-state index < -0.39 is 9.84 Å². The zero-order valence-electron chi connectivity index (χ0n) is 12.0. The van der Waals surface area contributed by atoms with E-state index in [1.54, 1.807) is 36.7 Å². The van der Waals surface area contributed by atoms with Crippen LogP contribution in [0.25, 0.3) is 22.5 Å². The lowest BCUT2D eigenvalue weighted by atomic mass is 10.0. The van der Waals surface area contributed by atoms with Gasteiger partial charge in [0.2, 0.25) is 0 Å². The summed E-state index contributed by atoms with van der Waals surface area (Å²) in [5.74, 6) is 0. The van der Waals surface area contributed by atoms with Crippen LogP contribution in [0.5, 0.6) is 0 Å². The van der Waals surface area contributed by atoms with Crippen molar-refractivity contribution in [3.8, 4) is 22.5 Å². The predicted molar refractivity (Wildman–Crippen MR) is 86.0 cm³/mol. The summed E-state index contributed by atoms with van der Waals surface area (Å²) in [5.41, 5.74) is 3.38. The molecule has 2 heterocycles. The van der Waals surface area contributed by atoms with Gasteiger partial charge in [-0.1, -0.05) is 24.3 Å². The van der Waals surface area contributed by atoms with Crippen LogP contribution < -0.4 is 0 Å². The van der Waals surface area contributed by atoms with Crippen LogP contribution in [0.1, 0.15) is 0 Å². The summed E-state index contributed by atoms with van der Waals surface area (Å²) in [5, 5.41) is 0. The maximum Gasteiger partial charge on any atom is 0.175 e. The molecule has 3 aromatic rings. The molecule has 0 amide bonds. The van der Waals surface area contributed by atoms with Gasteiger partial charge in [-0.2, -0.15) is 0 Å². The summed E-state index contributed by atoms with van der Waals surface area (Å²) in [6, 6.07) is 16.3. The highest BCUT2D eigenvalue weighted by Crippen LogP contribution is 2.29. The van der Waals surface area contributed by atoms with E-state index in [1.165, 1.54) is 6.26 Å². The van der Waals surface area contributed by atoms with E-state index in [0.29, 0.717) is 4.90 Å². The van der Waals surface area contributed by atoms with Gasteiger partial charge in [-0.25, -0.2) is 8.42 Å². The van der Waals surface area contributed by atoms with Crippen LogP contribution >= 0.6 is 0 Å². The Labute approximate surface area is 129 Å². The van der Waals surface area contributed by atoms with Gasteiger partial charge in [-0.3, -0.25) is 9.97 Å².